The Morgan fingerprint density at radius 2 is 2.05 bits per heavy atom. The molecule has 0 aliphatic heterocycles. The van der Waals surface area contributed by atoms with Crippen molar-refractivity contribution in [1.82, 2.24) is 14.7 Å². The fourth-order valence-electron chi connectivity index (χ4n) is 2.04. The minimum atomic E-state index is -0.436. The van der Waals surface area contributed by atoms with E-state index < -0.39 is 5.56 Å². The van der Waals surface area contributed by atoms with Crippen molar-refractivity contribution >= 4 is 11.0 Å². The second kappa shape index (κ2) is 5.24. The summed E-state index contributed by atoms with van der Waals surface area (Å²) < 4.78 is 1.10. The highest BCUT2D eigenvalue weighted by atomic mass is 16.7. The summed E-state index contributed by atoms with van der Waals surface area (Å²) >= 11 is 0. The molecule has 0 radical (unpaired) electrons. The summed E-state index contributed by atoms with van der Waals surface area (Å²) in [7, 11) is 0. The van der Waals surface area contributed by atoms with E-state index >= 15 is 0 Å². The lowest BCUT2D eigenvalue weighted by atomic mass is 10.2. The minimum Gasteiger partial charge on any atom is -0.507 e. The number of benzene rings is 1. The molecule has 0 atom stereocenters. The van der Waals surface area contributed by atoms with Crippen LogP contribution in [0.5, 0.6) is 5.75 Å². The maximum atomic E-state index is 12.2. The molecule has 6 nitrogen and oxygen atoms in total. The van der Waals surface area contributed by atoms with E-state index in [-0.39, 0.29) is 23.6 Å². The molecule has 2 aromatic heterocycles. The van der Waals surface area contributed by atoms with Crippen LogP contribution in [-0.4, -0.2) is 19.8 Å². The third kappa shape index (κ3) is 2.31. The molecule has 1 aromatic carbocycles. The Morgan fingerprint density at radius 3 is 2.81 bits per heavy atom. The van der Waals surface area contributed by atoms with Crippen molar-refractivity contribution in [3.63, 3.8) is 0 Å². The molecule has 0 fully saturated rings. The molecular formula is C15H13N3O3. The summed E-state index contributed by atoms with van der Waals surface area (Å²) in [6, 6.07) is 9.49. The molecule has 21 heavy (non-hydrogen) atoms. The van der Waals surface area contributed by atoms with Gasteiger partial charge in [-0.05, 0) is 12.5 Å². The lowest BCUT2D eigenvalue weighted by Gasteiger charge is -2.12. The molecule has 1 N–H and O–H groups in total. The van der Waals surface area contributed by atoms with Gasteiger partial charge in [0.05, 0.1) is 10.9 Å². The molecule has 0 aliphatic carbocycles. The Labute approximate surface area is 120 Å². The summed E-state index contributed by atoms with van der Waals surface area (Å²) in [4.78, 5) is 25.7. The van der Waals surface area contributed by atoms with Gasteiger partial charge < -0.3 is 9.94 Å². The molecule has 106 valence electrons. The smallest absolute Gasteiger partial charge is 0.291 e. The molecule has 3 aromatic rings. The van der Waals surface area contributed by atoms with Crippen molar-refractivity contribution in [1.29, 1.82) is 0 Å². The predicted molar refractivity (Wildman–Crippen MR) is 76.9 cm³/mol. The number of fused-ring (bicyclic) bond motifs is 1. The van der Waals surface area contributed by atoms with Gasteiger partial charge >= 0.3 is 0 Å². The lowest BCUT2D eigenvalue weighted by Crippen LogP contribution is -2.29. The topological polar surface area (TPSA) is 77.2 Å². The van der Waals surface area contributed by atoms with Gasteiger partial charge in [-0.1, -0.05) is 30.3 Å². The molecule has 2 heterocycles. The largest absolute Gasteiger partial charge is 0.507 e. The van der Waals surface area contributed by atoms with Crippen LogP contribution in [0.15, 0.2) is 47.7 Å². The number of aromatic nitrogens is 3. The van der Waals surface area contributed by atoms with E-state index in [1.165, 1.54) is 19.4 Å². The summed E-state index contributed by atoms with van der Waals surface area (Å²) in [5.74, 6) is -0.116. The molecule has 6 heteroatoms. The Bertz CT molecular complexity index is 844. The number of aromatic hydroxyl groups is 1. The highest BCUT2D eigenvalue weighted by Gasteiger charge is 2.15. The van der Waals surface area contributed by atoms with Crippen molar-refractivity contribution in [2.75, 3.05) is 0 Å². The monoisotopic (exact) mass is 283 g/mol. The van der Waals surface area contributed by atoms with Gasteiger partial charge in [0.1, 0.15) is 18.7 Å². The van der Waals surface area contributed by atoms with Crippen molar-refractivity contribution < 1.29 is 9.94 Å². The molecular weight excluding hydrogens is 270 g/mol. The van der Waals surface area contributed by atoms with Gasteiger partial charge in [0.2, 0.25) is 0 Å². The van der Waals surface area contributed by atoms with Crippen LogP contribution in [0, 0.1) is 6.92 Å². The first-order chi connectivity index (χ1) is 10.2. The Hall–Kier alpha value is -2.89. The third-order valence-corrected chi connectivity index (χ3v) is 3.20. The van der Waals surface area contributed by atoms with Gasteiger partial charge in [-0.15, -0.1) is 4.73 Å². The average Bonchev–Trinajstić information content (AvgIpc) is 2.54. The van der Waals surface area contributed by atoms with Crippen LogP contribution < -0.4 is 10.4 Å². The van der Waals surface area contributed by atoms with Crippen molar-refractivity contribution in [3.05, 3.63) is 64.3 Å². The van der Waals surface area contributed by atoms with E-state index in [0.29, 0.717) is 5.39 Å². The third-order valence-electron chi connectivity index (χ3n) is 3.20. The van der Waals surface area contributed by atoms with E-state index in [2.05, 4.69) is 9.97 Å². The molecule has 3 rings (SSSR count). The maximum Gasteiger partial charge on any atom is 0.291 e. The van der Waals surface area contributed by atoms with Gasteiger partial charge in [0, 0.05) is 6.20 Å². The first-order valence-electron chi connectivity index (χ1n) is 6.40. The minimum absolute atomic E-state index is 0.116. The molecule has 0 saturated carbocycles. The fourth-order valence-corrected chi connectivity index (χ4v) is 2.04. The summed E-state index contributed by atoms with van der Waals surface area (Å²) in [6.45, 7) is 1.76. The second-order valence-corrected chi connectivity index (χ2v) is 4.59. The van der Waals surface area contributed by atoms with Gasteiger partial charge in [-0.2, -0.15) is 0 Å². The highest BCUT2D eigenvalue weighted by molar-refractivity contribution is 5.81. The normalized spacial score (nSPS) is 10.7. The number of hydrogen-bond acceptors (Lipinski definition) is 5. The SMILES string of the molecule is Cc1c(O)c2cncnc2n(OCc2ccccc2)c1=O. The zero-order valence-corrected chi connectivity index (χ0v) is 11.4. The van der Waals surface area contributed by atoms with E-state index in [0.717, 1.165) is 10.3 Å². The zero-order valence-electron chi connectivity index (χ0n) is 11.4. The van der Waals surface area contributed by atoms with Crippen LogP contribution >= 0.6 is 0 Å². The maximum absolute atomic E-state index is 12.2. The van der Waals surface area contributed by atoms with Gasteiger partial charge in [-0.3, -0.25) is 4.79 Å². The molecule has 0 amide bonds. The molecule has 0 spiro atoms. The number of nitrogens with zero attached hydrogens (tertiary/aromatic N) is 3. The fraction of sp³-hybridized carbons (Fsp3) is 0.133. The summed E-state index contributed by atoms with van der Waals surface area (Å²) in [5.41, 5.74) is 0.936. The van der Waals surface area contributed by atoms with Crippen molar-refractivity contribution in [3.8, 4) is 5.75 Å². The van der Waals surface area contributed by atoms with Crippen LogP contribution in [0.1, 0.15) is 11.1 Å². The van der Waals surface area contributed by atoms with Crippen molar-refractivity contribution in [2.45, 2.75) is 13.5 Å². The van der Waals surface area contributed by atoms with E-state index in [1.807, 2.05) is 30.3 Å². The standard InChI is InChI=1S/C15H13N3O3/c1-10-13(19)12-7-16-9-17-14(12)18(15(10)20)21-8-11-5-3-2-4-6-11/h2-7,9,19H,8H2,1H3. The molecule has 0 aliphatic rings. The Morgan fingerprint density at radius 1 is 1.29 bits per heavy atom. The summed E-state index contributed by atoms with van der Waals surface area (Å²) in [6.07, 6.45) is 2.76. The van der Waals surface area contributed by atoms with Gasteiger partial charge in [-0.25, -0.2) is 9.97 Å². The van der Waals surface area contributed by atoms with Gasteiger partial charge in [0.15, 0.2) is 5.65 Å². The van der Waals surface area contributed by atoms with Gasteiger partial charge in [0.25, 0.3) is 5.56 Å². The Balaban J connectivity index is 2.08. The van der Waals surface area contributed by atoms with Crippen LogP contribution in [0.2, 0.25) is 0 Å². The van der Waals surface area contributed by atoms with E-state index in [1.54, 1.807) is 0 Å². The number of pyridine rings is 1. The Kier molecular flexibility index (Phi) is 3.27. The average molecular weight is 283 g/mol. The van der Waals surface area contributed by atoms with Crippen LogP contribution in [-0.2, 0) is 6.61 Å². The van der Waals surface area contributed by atoms with E-state index in [4.69, 9.17) is 4.84 Å². The van der Waals surface area contributed by atoms with Crippen LogP contribution in [0.4, 0.5) is 0 Å². The first kappa shape index (κ1) is 13.1. The first-order valence-corrected chi connectivity index (χ1v) is 6.40. The highest BCUT2D eigenvalue weighted by Crippen LogP contribution is 2.22. The molecule has 0 unspecified atom stereocenters. The number of hydrogen-bond donors (Lipinski definition) is 1. The van der Waals surface area contributed by atoms with E-state index in [9.17, 15) is 9.90 Å². The number of rotatable bonds is 3. The van der Waals surface area contributed by atoms with Crippen molar-refractivity contribution in [2.24, 2.45) is 0 Å². The van der Waals surface area contributed by atoms with Crippen LogP contribution in [0.25, 0.3) is 11.0 Å². The second-order valence-electron chi connectivity index (χ2n) is 4.59. The zero-order chi connectivity index (χ0) is 14.8. The quantitative estimate of drug-likeness (QED) is 0.787. The predicted octanol–water partition coefficient (Wildman–Crippen LogP) is 1.43. The molecule has 0 saturated heterocycles. The lowest BCUT2D eigenvalue weighted by molar-refractivity contribution is 0.0971. The molecule has 0 bridgehead atoms. The summed E-state index contributed by atoms with van der Waals surface area (Å²) in [5, 5.41) is 10.4. The van der Waals surface area contributed by atoms with Crippen LogP contribution in [0.3, 0.4) is 0 Å².